The molecule has 0 saturated heterocycles. The van der Waals surface area contributed by atoms with E-state index < -0.39 is 0 Å². The molecule has 12 aromatic carbocycles. The zero-order valence-electron chi connectivity index (χ0n) is 37.3. The van der Waals surface area contributed by atoms with E-state index in [1.807, 2.05) is 20.8 Å². The Kier molecular flexibility index (Phi) is 10.6. The van der Waals surface area contributed by atoms with E-state index in [2.05, 4.69) is 221 Å². The molecule has 0 aromatic heterocycles. The predicted octanol–water partition coefficient (Wildman–Crippen LogP) is 19.1. The molecule has 0 nitrogen and oxygen atoms in total. The lowest BCUT2D eigenvalue weighted by atomic mass is 9.83. The molecule has 0 N–H and O–H groups in total. The quantitative estimate of drug-likeness (QED) is 0.105. The second-order valence-corrected chi connectivity index (χ2v) is 22.0. The number of halogens is 2. The molecule has 0 radical (unpaired) electrons. The van der Waals surface area contributed by atoms with Crippen LogP contribution in [0.15, 0.2) is 168 Å². The summed E-state index contributed by atoms with van der Waals surface area (Å²) in [6, 6.07) is 60.2. The van der Waals surface area contributed by atoms with Gasteiger partial charge in [0.1, 0.15) is 0 Å². The Balaban J connectivity index is 0.000000113. The fourth-order valence-corrected chi connectivity index (χ4v) is 9.54. The molecular weight excluding hydrogens is 836 g/mol. The van der Waals surface area contributed by atoms with Crippen LogP contribution in [-0.2, 0) is 10.8 Å². The standard InChI is InChI=1S/C20H17Br.C20H18.C16H10.C4H9Cl/c1-20(2,3)15-10-13-5-4-12-7-9-17(21)16-8-6-14(11-15)18(13)19(12)16;1-20(2,3)17-11-15-9-7-13-5-4-6-14-8-10-16(12-17)19(15)18(13)14;1-3-11-7-9-13-5-2-6-14-10-8-12(4-1)15(11)16(13)14;1-4(2,3)5/h4-11H,1-3H3;4-12H,1-3H3;1-10H;1-3H3. The first-order chi connectivity index (χ1) is 29.4. The number of rotatable bonds is 0. The number of hydrogen-bond acceptors (Lipinski definition) is 0. The van der Waals surface area contributed by atoms with Gasteiger partial charge in [0, 0.05) is 9.35 Å². The molecule has 0 bridgehead atoms. The SMILES string of the molecule is CC(C)(C)Cl.CC(C)(C)c1cc2ccc3ccc(Br)c4ccc(c1)c2c34.CC(C)(C)c1cc2ccc3cccc4ccc(c1)c2c34.c1cc2ccc3cccc4ccc(c1)c2c34. The van der Waals surface area contributed by atoms with Crippen LogP contribution in [0.1, 0.15) is 73.4 Å². The Hall–Kier alpha value is -5.47. The van der Waals surface area contributed by atoms with Gasteiger partial charge in [0.05, 0.1) is 0 Å². The summed E-state index contributed by atoms with van der Waals surface area (Å²) in [7, 11) is 0. The third-order valence-electron chi connectivity index (χ3n) is 12.1. The first-order valence-electron chi connectivity index (χ1n) is 21.8. The molecule has 0 amide bonds. The van der Waals surface area contributed by atoms with Crippen LogP contribution in [0.25, 0.3) is 97.0 Å². The van der Waals surface area contributed by atoms with E-state index in [4.69, 9.17) is 11.6 Å². The van der Waals surface area contributed by atoms with Crippen LogP contribution in [0, 0.1) is 0 Å². The van der Waals surface area contributed by atoms with Crippen LogP contribution in [0.4, 0.5) is 0 Å². The third-order valence-corrected chi connectivity index (χ3v) is 12.8. The van der Waals surface area contributed by atoms with Gasteiger partial charge in [0.15, 0.2) is 0 Å². The van der Waals surface area contributed by atoms with Crippen LogP contribution < -0.4 is 0 Å². The van der Waals surface area contributed by atoms with Crippen molar-refractivity contribution in [3.8, 4) is 0 Å². The second-order valence-electron chi connectivity index (χ2n) is 20.0. The molecule has 308 valence electrons. The van der Waals surface area contributed by atoms with Crippen molar-refractivity contribution < 1.29 is 0 Å². The molecule has 2 heteroatoms. The molecule has 62 heavy (non-hydrogen) atoms. The highest BCUT2D eigenvalue weighted by atomic mass is 79.9. The Morgan fingerprint density at radius 3 is 0.839 bits per heavy atom. The third kappa shape index (κ3) is 8.03. The van der Waals surface area contributed by atoms with E-state index in [1.165, 1.54) is 113 Å². The molecule has 12 aromatic rings. The Morgan fingerprint density at radius 2 is 0.532 bits per heavy atom. The van der Waals surface area contributed by atoms with E-state index >= 15 is 0 Å². The minimum absolute atomic E-state index is 0.0278. The van der Waals surface area contributed by atoms with Gasteiger partial charge < -0.3 is 0 Å². The number of hydrogen-bond donors (Lipinski definition) is 0. The lowest BCUT2D eigenvalue weighted by molar-refractivity contribution is 0.591. The van der Waals surface area contributed by atoms with Crippen molar-refractivity contribution in [2.75, 3.05) is 0 Å². The maximum atomic E-state index is 5.53. The number of alkyl halides is 1. The van der Waals surface area contributed by atoms with Crippen molar-refractivity contribution in [3.05, 3.63) is 179 Å². The fourth-order valence-electron chi connectivity index (χ4n) is 9.07. The minimum Gasteiger partial charge on any atom is -0.120 e. The van der Waals surface area contributed by atoms with Gasteiger partial charge in [-0.05, 0) is 146 Å². The first-order valence-corrected chi connectivity index (χ1v) is 23.0. The maximum absolute atomic E-state index is 5.53. The molecule has 0 saturated carbocycles. The smallest absolute Gasteiger partial charge is 0.0362 e. The van der Waals surface area contributed by atoms with Crippen molar-refractivity contribution in [2.45, 2.75) is 78.0 Å². The largest absolute Gasteiger partial charge is 0.120 e. The van der Waals surface area contributed by atoms with Gasteiger partial charge in [-0.3, -0.25) is 0 Å². The summed E-state index contributed by atoms with van der Waals surface area (Å²) in [5.74, 6) is 0. The van der Waals surface area contributed by atoms with Crippen molar-refractivity contribution >= 4 is 124 Å². The van der Waals surface area contributed by atoms with Gasteiger partial charge in [-0.25, -0.2) is 0 Å². The minimum atomic E-state index is -0.0278. The van der Waals surface area contributed by atoms with Crippen molar-refractivity contribution in [3.63, 3.8) is 0 Å². The molecule has 0 aliphatic carbocycles. The van der Waals surface area contributed by atoms with Crippen molar-refractivity contribution in [2.24, 2.45) is 0 Å². The van der Waals surface area contributed by atoms with Gasteiger partial charge in [-0.15, -0.1) is 11.6 Å². The van der Waals surface area contributed by atoms with Gasteiger partial charge in [-0.2, -0.15) is 0 Å². The van der Waals surface area contributed by atoms with Crippen LogP contribution in [0.5, 0.6) is 0 Å². The molecule has 0 heterocycles. The summed E-state index contributed by atoms with van der Waals surface area (Å²) in [5, 5.41) is 24.4. The zero-order chi connectivity index (χ0) is 43.7. The van der Waals surface area contributed by atoms with Crippen LogP contribution >= 0.6 is 27.5 Å². The van der Waals surface area contributed by atoms with E-state index in [-0.39, 0.29) is 15.7 Å². The Bertz CT molecular complexity index is 3320. The molecule has 0 atom stereocenters. The first kappa shape index (κ1) is 41.9. The molecule has 0 spiro atoms. The molecule has 12 rings (SSSR count). The van der Waals surface area contributed by atoms with Crippen LogP contribution in [0.2, 0.25) is 0 Å². The molecular formula is C60H54BrCl. The summed E-state index contributed by atoms with van der Waals surface area (Å²) >= 11 is 9.22. The summed E-state index contributed by atoms with van der Waals surface area (Å²) in [5.41, 5.74) is 3.16. The predicted molar refractivity (Wildman–Crippen MR) is 281 cm³/mol. The lowest BCUT2D eigenvalue weighted by Crippen LogP contribution is -2.10. The van der Waals surface area contributed by atoms with Gasteiger partial charge in [0.25, 0.3) is 0 Å². The molecule has 0 aliphatic heterocycles. The van der Waals surface area contributed by atoms with Crippen molar-refractivity contribution in [1.82, 2.24) is 0 Å². The Labute approximate surface area is 379 Å². The highest BCUT2D eigenvalue weighted by Crippen LogP contribution is 2.41. The normalized spacial score (nSPS) is 12.4. The van der Waals surface area contributed by atoms with Gasteiger partial charge >= 0.3 is 0 Å². The summed E-state index contributed by atoms with van der Waals surface area (Å²) in [6.45, 7) is 19.5. The van der Waals surface area contributed by atoms with E-state index in [0.29, 0.717) is 0 Å². The van der Waals surface area contributed by atoms with Gasteiger partial charge in [-0.1, -0.05) is 215 Å². The highest BCUT2D eigenvalue weighted by molar-refractivity contribution is 9.10. The van der Waals surface area contributed by atoms with Crippen molar-refractivity contribution in [1.29, 1.82) is 0 Å². The summed E-state index contributed by atoms with van der Waals surface area (Å²) in [4.78, 5) is -0.0278. The summed E-state index contributed by atoms with van der Waals surface area (Å²) in [6.07, 6.45) is 0. The van der Waals surface area contributed by atoms with Gasteiger partial charge in [0.2, 0.25) is 0 Å². The second kappa shape index (κ2) is 15.7. The van der Waals surface area contributed by atoms with Crippen LogP contribution in [0.3, 0.4) is 0 Å². The molecule has 0 aliphatic rings. The fraction of sp³-hybridized carbons (Fsp3) is 0.200. The topological polar surface area (TPSA) is 0 Å². The number of benzene rings is 12. The molecule has 0 unspecified atom stereocenters. The highest BCUT2D eigenvalue weighted by Gasteiger charge is 2.19. The van der Waals surface area contributed by atoms with E-state index in [1.54, 1.807) is 0 Å². The lowest BCUT2D eigenvalue weighted by Gasteiger charge is -2.21. The monoisotopic (exact) mass is 888 g/mol. The summed E-state index contributed by atoms with van der Waals surface area (Å²) < 4.78 is 1.17. The molecule has 0 fully saturated rings. The van der Waals surface area contributed by atoms with Crippen LogP contribution in [-0.4, -0.2) is 4.87 Å². The van der Waals surface area contributed by atoms with E-state index in [0.717, 1.165) is 0 Å². The average molecular weight is 890 g/mol. The Morgan fingerprint density at radius 1 is 0.306 bits per heavy atom. The maximum Gasteiger partial charge on any atom is 0.0362 e. The van der Waals surface area contributed by atoms with E-state index in [9.17, 15) is 0 Å². The average Bonchev–Trinajstić information content (AvgIpc) is 3.23. The zero-order valence-corrected chi connectivity index (χ0v) is 39.7.